The summed E-state index contributed by atoms with van der Waals surface area (Å²) >= 11 is 0. The molecule has 104 valence electrons. The summed E-state index contributed by atoms with van der Waals surface area (Å²) < 4.78 is 0. The number of nitrogens with zero attached hydrogens (tertiary/aromatic N) is 1. The van der Waals surface area contributed by atoms with Gasteiger partial charge in [-0.2, -0.15) is 0 Å². The molecule has 1 aliphatic carbocycles. The summed E-state index contributed by atoms with van der Waals surface area (Å²) in [6.45, 7) is 4.40. The molecule has 1 N–H and O–H groups in total. The fourth-order valence-corrected chi connectivity index (χ4v) is 3.57. The molecule has 3 heteroatoms. The van der Waals surface area contributed by atoms with Crippen molar-refractivity contribution in [3.8, 4) is 0 Å². The molecule has 0 spiro atoms. The Morgan fingerprint density at radius 1 is 1.28 bits per heavy atom. The Hall–Kier alpha value is -0.410. The Kier molecular flexibility index (Phi) is 5.19. The van der Waals surface area contributed by atoms with Crippen LogP contribution < -0.4 is 0 Å². The van der Waals surface area contributed by atoms with Crippen LogP contribution >= 0.6 is 0 Å². The zero-order chi connectivity index (χ0) is 13.0. The van der Waals surface area contributed by atoms with Crippen LogP contribution in [-0.2, 0) is 4.79 Å². The highest BCUT2D eigenvalue weighted by molar-refractivity contribution is 5.82. The fourth-order valence-electron chi connectivity index (χ4n) is 3.57. The van der Waals surface area contributed by atoms with Gasteiger partial charge in [-0.1, -0.05) is 19.8 Å². The predicted octanol–water partition coefficient (Wildman–Crippen LogP) is 2.23. The van der Waals surface area contributed by atoms with Gasteiger partial charge in [-0.15, -0.1) is 0 Å². The van der Waals surface area contributed by atoms with E-state index in [2.05, 4.69) is 11.8 Å². The lowest BCUT2D eigenvalue weighted by molar-refractivity contribution is -0.127. The first-order valence-corrected chi connectivity index (χ1v) is 7.60. The van der Waals surface area contributed by atoms with Crippen molar-refractivity contribution in [3.05, 3.63) is 0 Å². The van der Waals surface area contributed by atoms with Gasteiger partial charge in [-0.25, -0.2) is 0 Å². The van der Waals surface area contributed by atoms with Crippen LogP contribution in [0.25, 0.3) is 0 Å². The lowest BCUT2D eigenvalue weighted by atomic mass is 9.79. The van der Waals surface area contributed by atoms with Crippen molar-refractivity contribution < 1.29 is 9.90 Å². The zero-order valence-electron chi connectivity index (χ0n) is 11.6. The average Bonchev–Trinajstić information content (AvgIpc) is 2.40. The maximum absolute atomic E-state index is 12.1. The third kappa shape index (κ3) is 3.33. The van der Waals surface area contributed by atoms with E-state index in [1.807, 2.05) is 0 Å². The van der Waals surface area contributed by atoms with Gasteiger partial charge in [-0.05, 0) is 38.1 Å². The number of carbonyl (C=O) groups is 1. The van der Waals surface area contributed by atoms with Crippen LogP contribution in [0.3, 0.4) is 0 Å². The van der Waals surface area contributed by atoms with Crippen LogP contribution in [0.2, 0.25) is 0 Å². The topological polar surface area (TPSA) is 40.5 Å². The molecule has 1 saturated heterocycles. The van der Waals surface area contributed by atoms with Crippen LogP contribution in [0.5, 0.6) is 0 Å². The second kappa shape index (κ2) is 6.67. The summed E-state index contributed by atoms with van der Waals surface area (Å²) in [5, 5.41) is 9.22. The molecule has 3 unspecified atom stereocenters. The average molecular weight is 253 g/mol. The minimum atomic E-state index is 0.252. The van der Waals surface area contributed by atoms with Crippen molar-refractivity contribution in [1.29, 1.82) is 0 Å². The molecule has 0 aromatic carbocycles. The van der Waals surface area contributed by atoms with E-state index in [9.17, 15) is 9.90 Å². The van der Waals surface area contributed by atoms with E-state index in [0.717, 1.165) is 32.4 Å². The van der Waals surface area contributed by atoms with Crippen LogP contribution in [0.1, 0.15) is 51.9 Å². The largest absolute Gasteiger partial charge is 0.396 e. The van der Waals surface area contributed by atoms with E-state index in [-0.39, 0.29) is 12.5 Å². The third-order valence-electron chi connectivity index (χ3n) is 4.59. The van der Waals surface area contributed by atoms with Gasteiger partial charge < -0.3 is 5.11 Å². The third-order valence-corrected chi connectivity index (χ3v) is 4.59. The van der Waals surface area contributed by atoms with Gasteiger partial charge in [0.25, 0.3) is 0 Å². The van der Waals surface area contributed by atoms with Gasteiger partial charge in [0, 0.05) is 31.5 Å². The van der Waals surface area contributed by atoms with E-state index in [4.69, 9.17) is 0 Å². The van der Waals surface area contributed by atoms with Crippen LogP contribution in [0, 0.1) is 11.8 Å². The van der Waals surface area contributed by atoms with Crippen LogP contribution in [-0.4, -0.2) is 41.5 Å². The highest BCUT2D eigenvalue weighted by Gasteiger charge is 2.35. The fraction of sp³-hybridized carbons (Fsp3) is 0.933. The van der Waals surface area contributed by atoms with E-state index in [0.29, 0.717) is 17.7 Å². The van der Waals surface area contributed by atoms with Crippen LogP contribution in [0.4, 0.5) is 0 Å². The number of carbonyl (C=O) groups excluding carboxylic acids is 1. The number of aliphatic hydroxyl groups is 1. The first kappa shape index (κ1) is 14.0. The Bertz CT molecular complexity index is 280. The van der Waals surface area contributed by atoms with Crippen molar-refractivity contribution in [1.82, 2.24) is 4.90 Å². The number of likely N-dealkylation sites (tertiary alicyclic amines) is 1. The SMILES string of the molecule is CC(CO)CN1CCCCC1C1CCCCC1=O. The Labute approximate surface area is 111 Å². The molecular formula is C15H27NO2. The lowest BCUT2D eigenvalue weighted by Gasteiger charge is -2.42. The number of aliphatic hydroxyl groups excluding tert-OH is 1. The number of hydrogen-bond donors (Lipinski definition) is 1. The van der Waals surface area contributed by atoms with Gasteiger partial charge in [0.2, 0.25) is 0 Å². The number of ketones is 1. The van der Waals surface area contributed by atoms with Gasteiger partial charge in [0.1, 0.15) is 5.78 Å². The van der Waals surface area contributed by atoms with Crippen LogP contribution in [0.15, 0.2) is 0 Å². The first-order chi connectivity index (χ1) is 8.72. The number of hydrogen-bond acceptors (Lipinski definition) is 3. The van der Waals surface area contributed by atoms with Crippen molar-refractivity contribution in [2.75, 3.05) is 19.7 Å². The summed E-state index contributed by atoms with van der Waals surface area (Å²) in [6.07, 6.45) is 7.88. The second-order valence-electron chi connectivity index (χ2n) is 6.16. The number of piperidine rings is 1. The molecule has 0 bridgehead atoms. The minimum Gasteiger partial charge on any atom is -0.396 e. The predicted molar refractivity (Wildman–Crippen MR) is 72.4 cm³/mol. The zero-order valence-corrected chi connectivity index (χ0v) is 11.6. The molecule has 2 rings (SSSR count). The first-order valence-electron chi connectivity index (χ1n) is 7.60. The Morgan fingerprint density at radius 2 is 2.06 bits per heavy atom. The molecular weight excluding hydrogens is 226 g/mol. The molecule has 0 aromatic heterocycles. The highest BCUT2D eigenvalue weighted by atomic mass is 16.3. The van der Waals surface area contributed by atoms with Crippen molar-refractivity contribution in [2.45, 2.75) is 57.9 Å². The summed E-state index contributed by atoms with van der Waals surface area (Å²) in [6, 6.07) is 0.459. The lowest BCUT2D eigenvalue weighted by Crippen LogP contribution is -2.49. The monoisotopic (exact) mass is 253 g/mol. The second-order valence-corrected chi connectivity index (χ2v) is 6.16. The molecule has 0 radical (unpaired) electrons. The van der Waals surface area contributed by atoms with E-state index in [1.54, 1.807) is 0 Å². The van der Waals surface area contributed by atoms with Gasteiger partial charge >= 0.3 is 0 Å². The molecule has 0 aromatic rings. The Morgan fingerprint density at radius 3 is 2.78 bits per heavy atom. The van der Waals surface area contributed by atoms with Crippen molar-refractivity contribution in [3.63, 3.8) is 0 Å². The molecule has 1 aliphatic heterocycles. The summed E-state index contributed by atoms with van der Waals surface area (Å²) in [7, 11) is 0. The molecule has 3 nitrogen and oxygen atoms in total. The van der Waals surface area contributed by atoms with Crippen molar-refractivity contribution >= 4 is 5.78 Å². The molecule has 18 heavy (non-hydrogen) atoms. The van der Waals surface area contributed by atoms with Gasteiger partial charge in [0.05, 0.1) is 0 Å². The van der Waals surface area contributed by atoms with E-state index < -0.39 is 0 Å². The number of rotatable bonds is 4. The summed E-state index contributed by atoms with van der Waals surface area (Å²) in [5.74, 6) is 1.10. The molecule has 3 atom stereocenters. The summed E-state index contributed by atoms with van der Waals surface area (Å²) in [5.41, 5.74) is 0. The molecule has 1 saturated carbocycles. The molecule has 2 fully saturated rings. The maximum Gasteiger partial charge on any atom is 0.137 e. The standard InChI is InChI=1S/C15H27NO2/c1-12(11-17)10-16-9-5-4-7-14(16)13-6-2-3-8-15(13)18/h12-14,17H,2-11H2,1H3. The Balaban J connectivity index is 1.99. The number of Topliss-reactive ketones (excluding diaryl/α,β-unsaturated/α-hetero) is 1. The molecule has 0 amide bonds. The maximum atomic E-state index is 12.1. The minimum absolute atomic E-state index is 0.252. The highest BCUT2D eigenvalue weighted by Crippen LogP contribution is 2.32. The smallest absolute Gasteiger partial charge is 0.137 e. The van der Waals surface area contributed by atoms with Crippen molar-refractivity contribution in [2.24, 2.45) is 11.8 Å². The van der Waals surface area contributed by atoms with Gasteiger partial charge in [0.15, 0.2) is 0 Å². The van der Waals surface area contributed by atoms with E-state index >= 15 is 0 Å². The van der Waals surface area contributed by atoms with E-state index in [1.165, 1.54) is 25.7 Å². The molecule has 1 heterocycles. The quantitative estimate of drug-likeness (QED) is 0.835. The molecule has 2 aliphatic rings. The summed E-state index contributed by atoms with van der Waals surface area (Å²) in [4.78, 5) is 14.6. The van der Waals surface area contributed by atoms with Gasteiger partial charge in [-0.3, -0.25) is 9.69 Å². The normalized spacial score (nSPS) is 32.4.